The normalized spacial score (nSPS) is 40.0. The second-order valence-corrected chi connectivity index (χ2v) is 3.90. The summed E-state index contributed by atoms with van der Waals surface area (Å²) in [5.74, 6) is -0.717. The lowest BCUT2D eigenvalue weighted by atomic mass is 9.88. The van der Waals surface area contributed by atoms with E-state index in [-0.39, 0.29) is 0 Å². The van der Waals surface area contributed by atoms with Crippen LogP contribution in [0.4, 0.5) is 0 Å². The molecule has 0 amide bonds. The van der Waals surface area contributed by atoms with Gasteiger partial charge in [0, 0.05) is 6.04 Å². The molecule has 2 aliphatic rings. The highest BCUT2D eigenvalue weighted by atomic mass is 16.4. The summed E-state index contributed by atoms with van der Waals surface area (Å²) in [7, 11) is 0. The maximum absolute atomic E-state index is 11.0. The van der Waals surface area contributed by atoms with E-state index < -0.39 is 11.5 Å². The summed E-state index contributed by atoms with van der Waals surface area (Å²) in [6, 6.07) is 0.363. The van der Waals surface area contributed by atoms with Gasteiger partial charge in [-0.25, -0.2) is 0 Å². The SMILES string of the molecule is C=C1CC2CCC(C(=O)O)(C1)N2. The minimum Gasteiger partial charge on any atom is -0.480 e. The minimum absolute atomic E-state index is 0.363. The number of rotatable bonds is 1. The fraction of sp³-hybridized carbons (Fsp3) is 0.667. The molecule has 3 heteroatoms. The largest absolute Gasteiger partial charge is 0.480 e. The number of carboxylic acids is 1. The molecule has 2 rings (SSSR count). The Morgan fingerprint density at radius 2 is 2.50 bits per heavy atom. The number of aliphatic carboxylic acids is 1. The molecule has 0 aromatic rings. The van der Waals surface area contributed by atoms with E-state index >= 15 is 0 Å². The molecule has 0 radical (unpaired) electrons. The lowest BCUT2D eigenvalue weighted by Crippen LogP contribution is -2.52. The summed E-state index contributed by atoms with van der Waals surface area (Å²) in [5, 5.41) is 12.2. The summed E-state index contributed by atoms with van der Waals surface area (Å²) in [5.41, 5.74) is 0.415. The van der Waals surface area contributed by atoms with Crippen LogP contribution in [0.3, 0.4) is 0 Å². The third-order valence-electron chi connectivity index (χ3n) is 2.90. The van der Waals surface area contributed by atoms with Gasteiger partial charge in [-0.05, 0) is 25.7 Å². The predicted octanol–water partition coefficient (Wildman–Crippen LogP) is 0.912. The van der Waals surface area contributed by atoms with Crippen LogP contribution < -0.4 is 5.32 Å². The molecule has 2 unspecified atom stereocenters. The van der Waals surface area contributed by atoms with E-state index in [0.29, 0.717) is 12.5 Å². The highest BCUT2D eigenvalue weighted by Crippen LogP contribution is 2.37. The Bertz CT molecular complexity index is 249. The van der Waals surface area contributed by atoms with Gasteiger partial charge in [0.15, 0.2) is 0 Å². The topological polar surface area (TPSA) is 49.3 Å². The lowest BCUT2D eigenvalue weighted by Gasteiger charge is -2.31. The fourth-order valence-electron chi connectivity index (χ4n) is 2.34. The molecule has 0 aromatic carbocycles. The van der Waals surface area contributed by atoms with Crippen molar-refractivity contribution in [3.63, 3.8) is 0 Å². The minimum atomic E-state index is -0.717. The van der Waals surface area contributed by atoms with E-state index in [1.165, 1.54) is 0 Å². The van der Waals surface area contributed by atoms with Gasteiger partial charge in [-0.1, -0.05) is 12.2 Å². The second kappa shape index (κ2) is 2.33. The van der Waals surface area contributed by atoms with Crippen molar-refractivity contribution in [2.75, 3.05) is 0 Å². The quantitative estimate of drug-likeness (QED) is 0.571. The highest BCUT2D eigenvalue weighted by Gasteiger charge is 2.48. The fourth-order valence-corrected chi connectivity index (χ4v) is 2.34. The summed E-state index contributed by atoms with van der Waals surface area (Å²) in [6.07, 6.45) is 3.30. The molecule has 0 saturated carbocycles. The van der Waals surface area contributed by atoms with E-state index in [0.717, 1.165) is 24.8 Å². The predicted molar refractivity (Wildman–Crippen MR) is 44.9 cm³/mol. The first-order valence-corrected chi connectivity index (χ1v) is 4.30. The summed E-state index contributed by atoms with van der Waals surface area (Å²) >= 11 is 0. The van der Waals surface area contributed by atoms with Gasteiger partial charge in [0.05, 0.1) is 0 Å². The zero-order valence-electron chi connectivity index (χ0n) is 6.97. The van der Waals surface area contributed by atoms with E-state index in [9.17, 15) is 4.79 Å². The van der Waals surface area contributed by atoms with Crippen LogP contribution in [0.5, 0.6) is 0 Å². The Morgan fingerprint density at radius 1 is 1.75 bits per heavy atom. The van der Waals surface area contributed by atoms with Crippen LogP contribution in [-0.2, 0) is 4.79 Å². The number of fused-ring (bicyclic) bond motifs is 2. The van der Waals surface area contributed by atoms with Crippen LogP contribution in [0.15, 0.2) is 12.2 Å². The number of carboxylic acid groups (broad SMARTS) is 1. The van der Waals surface area contributed by atoms with Crippen LogP contribution in [0.1, 0.15) is 25.7 Å². The average Bonchev–Trinajstić information content (AvgIpc) is 2.28. The molecular weight excluding hydrogens is 154 g/mol. The zero-order valence-corrected chi connectivity index (χ0v) is 6.97. The van der Waals surface area contributed by atoms with E-state index in [2.05, 4.69) is 11.9 Å². The molecular formula is C9H13NO2. The Balaban J connectivity index is 2.27. The van der Waals surface area contributed by atoms with Gasteiger partial charge >= 0.3 is 5.97 Å². The molecule has 2 aliphatic heterocycles. The first kappa shape index (κ1) is 7.80. The van der Waals surface area contributed by atoms with Gasteiger partial charge in [-0.3, -0.25) is 10.1 Å². The van der Waals surface area contributed by atoms with Crippen LogP contribution in [0, 0.1) is 0 Å². The molecule has 66 valence electrons. The van der Waals surface area contributed by atoms with E-state index in [4.69, 9.17) is 5.11 Å². The molecule has 0 aliphatic carbocycles. The molecule has 2 saturated heterocycles. The molecule has 2 heterocycles. The number of piperidine rings is 1. The maximum atomic E-state index is 11.0. The summed E-state index contributed by atoms with van der Waals surface area (Å²) in [6.45, 7) is 3.88. The monoisotopic (exact) mass is 167 g/mol. The van der Waals surface area contributed by atoms with Crippen molar-refractivity contribution in [1.29, 1.82) is 0 Å². The highest BCUT2D eigenvalue weighted by molar-refractivity contribution is 5.80. The number of hydrogen-bond acceptors (Lipinski definition) is 2. The van der Waals surface area contributed by atoms with Crippen molar-refractivity contribution in [2.45, 2.75) is 37.3 Å². The third-order valence-corrected chi connectivity index (χ3v) is 2.90. The molecule has 2 atom stereocenters. The standard InChI is InChI=1S/C9H13NO2/c1-6-4-7-2-3-9(5-6,10-7)8(11)12/h7,10H,1-5H2,(H,11,12). The number of carbonyl (C=O) groups is 1. The van der Waals surface area contributed by atoms with Gasteiger partial charge < -0.3 is 5.11 Å². The second-order valence-electron chi connectivity index (χ2n) is 3.90. The average molecular weight is 167 g/mol. The number of hydrogen-bond donors (Lipinski definition) is 2. The summed E-state index contributed by atoms with van der Waals surface area (Å²) < 4.78 is 0. The van der Waals surface area contributed by atoms with Crippen molar-refractivity contribution in [1.82, 2.24) is 5.32 Å². The Kier molecular flexibility index (Phi) is 1.51. The van der Waals surface area contributed by atoms with Crippen molar-refractivity contribution in [3.05, 3.63) is 12.2 Å². The smallest absolute Gasteiger partial charge is 0.324 e. The Labute approximate surface area is 71.5 Å². The van der Waals surface area contributed by atoms with Gasteiger partial charge in [-0.2, -0.15) is 0 Å². The first-order chi connectivity index (χ1) is 5.62. The van der Waals surface area contributed by atoms with Crippen LogP contribution >= 0.6 is 0 Å². The molecule has 2 fully saturated rings. The van der Waals surface area contributed by atoms with Crippen molar-refractivity contribution >= 4 is 5.97 Å². The molecule has 2 N–H and O–H groups in total. The maximum Gasteiger partial charge on any atom is 0.324 e. The van der Waals surface area contributed by atoms with E-state index in [1.807, 2.05) is 0 Å². The van der Waals surface area contributed by atoms with Crippen molar-refractivity contribution in [2.24, 2.45) is 0 Å². The van der Waals surface area contributed by atoms with Crippen molar-refractivity contribution < 1.29 is 9.90 Å². The first-order valence-electron chi connectivity index (χ1n) is 4.30. The summed E-state index contributed by atoms with van der Waals surface area (Å²) in [4.78, 5) is 11.0. The molecule has 3 nitrogen and oxygen atoms in total. The lowest BCUT2D eigenvalue weighted by molar-refractivity contribution is -0.144. The van der Waals surface area contributed by atoms with Crippen LogP contribution in [0.2, 0.25) is 0 Å². The van der Waals surface area contributed by atoms with Crippen molar-refractivity contribution in [3.8, 4) is 0 Å². The third kappa shape index (κ3) is 0.966. The number of nitrogens with one attached hydrogen (secondary N) is 1. The molecule has 0 aromatic heterocycles. The van der Waals surface area contributed by atoms with Gasteiger partial charge in [-0.15, -0.1) is 0 Å². The Hall–Kier alpha value is -0.830. The van der Waals surface area contributed by atoms with E-state index in [1.54, 1.807) is 0 Å². The molecule has 12 heavy (non-hydrogen) atoms. The van der Waals surface area contributed by atoms with Crippen LogP contribution in [-0.4, -0.2) is 22.7 Å². The van der Waals surface area contributed by atoms with Gasteiger partial charge in [0.1, 0.15) is 5.54 Å². The molecule has 2 bridgehead atoms. The van der Waals surface area contributed by atoms with Crippen LogP contribution in [0.25, 0.3) is 0 Å². The zero-order chi connectivity index (χ0) is 8.77. The molecule has 0 spiro atoms. The Morgan fingerprint density at radius 3 is 3.17 bits per heavy atom. The van der Waals surface area contributed by atoms with Gasteiger partial charge in [0.2, 0.25) is 0 Å². The van der Waals surface area contributed by atoms with Gasteiger partial charge in [0.25, 0.3) is 0 Å².